The summed E-state index contributed by atoms with van der Waals surface area (Å²) in [6, 6.07) is 4.19. The minimum absolute atomic E-state index is 0.190. The maximum Gasteiger partial charge on any atom is 0.495 e. The normalized spacial score (nSPS) is 22.4. The number of aryl methyl sites for hydroxylation is 1. The molecule has 1 heterocycles. The standard InChI is InChI=1S/C16H22BF3O3/c1-10-6-7-11(16(21,9-18)13(19)20)8-12(10)17-22-14(2,3)15(4,5)23-17/h6-8,13,21H,9H2,1-5H3. The highest BCUT2D eigenvalue weighted by Gasteiger charge is 2.52. The molecule has 0 spiro atoms. The molecule has 0 radical (unpaired) electrons. The van der Waals surface area contributed by atoms with Crippen LogP contribution in [0.4, 0.5) is 13.2 Å². The van der Waals surface area contributed by atoms with Gasteiger partial charge in [-0.15, -0.1) is 0 Å². The summed E-state index contributed by atoms with van der Waals surface area (Å²) < 4.78 is 51.0. The highest BCUT2D eigenvalue weighted by molar-refractivity contribution is 6.62. The van der Waals surface area contributed by atoms with Gasteiger partial charge in [0.05, 0.1) is 11.2 Å². The molecule has 0 saturated carbocycles. The summed E-state index contributed by atoms with van der Waals surface area (Å²) in [7, 11) is -0.763. The molecule has 23 heavy (non-hydrogen) atoms. The van der Waals surface area contributed by atoms with Gasteiger partial charge in [-0.1, -0.05) is 23.8 Å². The summed E-state index contributed by atoms with van der Waals surface area (Å²) in [4.78, 5) is 0. The van der Waals surface area contributed by atoms with Gasteiger partial charge in [0.2, 0.25) is 0 Å². The minimum Gasteiger partial charge on any atom is -0.399 e. The van der Waals surface area contributed by atoms with Gasteiger partial charge in [0, 0.05) is 0 Å². The molecule has 7 heteroatoms. The molecule has 1 N–H and O–H groups in total. The summed E-state index contributed by atoms with van der Waals surface area (Å²) in [5.74, 6) is 0. The molecule has 128 valence electrons. The molecule has 1 fully saturated rings. The molecular formula is C16H22BF3O3. The number of alkyl halides is 3. The number of halogens is 3. The smallest absolute Gasteiger partial charge is 0.399 e. The largest absolute Gasteiger partial charge is 0.495 e. The Morgan fingerprint density at radius 2 is 1.70 bits per heavy atom. The third-order valence-electron chi connectivity index (χ3n) is 4.85. The van der Waals surface area contributed by atoms with Crippen LogP contribution in [0.1, 0.15) is 38.8 Å². The van der Waals surface area contributed by atoms with Crippen LogP contribution in [0.5, 0.6) is 0 Å². The predicted octanol–water partition coefficient (Wildman–Crippen LogP) is 2.72. The lowest BCUT2D eigenvalue weighted by molar-refractivity contribution is -0.114. The number of benzene rings is 1. The number of aliphatic hydroxyl groups is 1. The Morgan fingerprint density at radius 3 is 2.13 bits per heavy atom. The average Bonchev–Trinajstić information content (AvgIpc) is 2.66. The first-order valence-corrected chi connectivity index (χ1v) is 7.48. The van der Waals surface area contributed by atoms with Crippen molar-refractivity contribution in [2.45, 2.75) is 57.8 Å². The van der Waals surface area contributed by atoms with E-state index in [0.29, 0.717) is 5.46 Å². The molecule has 1 aromatic carbocycles. The van der Waals surface area contributed by atoms with E-state index in [1.54, 1.807) is 13.0 Å². The van der Waals surface area contributed by atoms with Gasteiger partial charge in [-0.3, -0.25) is 0 Å². The highest BCUT2D eigenvalue weighted by atomic mass is 19.3. The Hall–Kier alpha value is -1.05. The van der Waals surface area contributed by atoms with E-state index in [2.05, 4.69) is 0 Å². The summed E-state index contributed by atoms with van der Waals surface area (Å²) in [5.41, 5.74) is -2.92. The molecule has 1 aliphatic heterocycles. The average molecular weight is 330 g/mol. The highest BCUT2D eigenvalue weighted by Crippen LogP contribution is 2.37. The van der Waals surface area contributed by atoms with Crippen molar-refractivity contribution in [2.75, 3.05) is 6.67 Å². The van der Waals surface area contributed by atoms with Crippen molar-refractivity contribution in [3.05, 3.63) is 29.3 Å². The van der Waals surface area contributed by atoms with Gasteiger partial charge in [-0.25, -0.2) is 13.2 Å². The fraction of sp³-hybridized carbons (Fsp3) is 0.625. The van der Waals surface area contributed by atoms with Gasteiger partial charge in [0.1, 0.15) is 6.67 Å². The van der Waals surface area contributed by atoms with Gasteiger partial charge in [-0.2, -0.15) is 0 Å². The molecule has 0 amide bonds. The number of hydrogen-bond donors (Lipinski definition) is 1. The predicted molar refractivity (Wildman–Crippen MR) is 82.8 cm³/mol. The van der Waals surface area contributed by atoms with Crippen LogP contribution < -0.4 is 5.46 Å². The fourth-order valence-electron chi connectivity index (χ4n) is 2.40. The molecule has 0 bridgehead atoms. The quantitative estimate of drug-likeness (QED) is 0.863. The Bertz CT molecular complexity index is 576. The van der Waals surface area contributed by atoms with E-state index in [9.17, 15) is 18.3 Å². The lowest BCUT2D eigenvalue weighted by atomic mass is 9.74. The Morgan fingerprint density at radius 1 is 1.17 bits per heavy atom. The zero-order valence-corrected chi connectivity index (χ0v) is 14.0. The molecule has 1 unspecified atom stereocenters. The first-order chi connectivity index (χ1) is 10.4. The molecule has 3 nitrogen and oxygen atoms in total. The van der Waals surface area contributed by atoms with Gasteiger partial charge in [0.25, 0.3) is 6.43 Å². The van der Waals surface area contributed by atoms with Crippen molar-refractivity contribution < 1.29 is 27.6 Å². The minimum atomic E-state index is -3.23. The second-order valence-electron chi connectivity index (χ2n) is 7.02. The molecule has 0 aliphatic carbocycles. The lowest BCUT2D eigenvalue weighted by Gasteiger charge is -2.32. The third kappa shape index (κ3) is 3.02. The van der Waals surface area contributed by atoms with Gasteiger partial charge < -0.3 is 14.4 Å². The molecule has 0 aromatic heterocycles. The van der Waals surface area contributed by atoms with E-state index in [1.807, 2.05) is 27.7 Å². The summed E-state index contributed by atoms with van der Waals surface area (Å²) in [6.45, 7) is 7.72. The van der Waals surface area contributed by atoms with Crippen molar-refractivity contribution in [1.29, 1.82) is 0 Å². The Balaban J connectivity index is 2.44. The first-order valence-electron chi connectivity index (χ1n) is 7.48. The number of rotatable bonds is 4. The van der Waals surface area contributed by atoms with Crippen LogP contribution in [0.3, 0.4) is 0 Å². The maximum absolute atomic E-state index is 13.1. The monoisotopic (exact) mass is 330 g/mol. The van der Waals surface area contributed by atoms with Gasteiger partial charge >= 0.3 is 7.12 Å². The van der Waals surface area contributed by atoms with E-state index < -0.39 is 37.0 Å². The maximum atomic E-state index is 13.1. The van der Waals surface area contributed by atoms with Crippen LogP contribution in [-0.2, 0) is 14.9 Å². The van der Waals surface area contributed by atoms with Crippen LogP contribution in [0.15, 0.2) is 18.2 Å². The van der Waals surface area contributed by atoms with E-state index in [0.717, 1.165) is 5.56 Å². The molecule has 1 aromatic rings. The second kappa shape index (κ2) is 5.79. The summed E-state index contributed by atoms with van der Waals surface area (Å²) in [5, 5.41) is 9.93. The summed E-state index contributed by atoms with van der Waals surface area (Å²) in [6.07, 6.45) is -3.23. The molecule has 1 atom stereocenters. The topological polar surface area (TPSA) is 38.7 Å². The fourth-order valence-corrected chi connectivity index (χ4v) is 2.40. The molecule has 2 rings (SSSR count). The second-order valence-corrected chi connectivity index (χ2v) is 7.02. The van der Waals surface area contributed by atoms with E-state index in [4.69, 9.17) is 9.31 Å². The van der Waals surface area contributed by atoms with Crippen molar-refractivity contribution in [3.63, 3.8) is 0 Å². The van der Waals surface area contributed by atoms with Crippen molar-refractivity contribution in [2.24, 2.45) is 0 Å². The van der Waals surface area contributed by atoms with E-state index in [-0.39, 0.29) is 5.56 Å². The SMILES string of the molecule is Cc1ccc(C(O)(CF)C(F)F)cc1B1OC(C)(C)C(C)(C)O1. The van der Waals surface area contributed by atoms with Crippen LogP contribution in [0.2, 0.25) is 0 Å². The molecular weight excluding hydrogens is 308 g/mol. The van der Waals surface area contributed by atoms with Crippen molar-refractivity contribution in [3.8, 4) is 0 Å². The van der Waals surface area contributed by atoms with Crippen LogP contribution in [-0.4, -0.2) is 36.5 Å². The molecule has 1 aliphatic rings. The van der Waals surface area contributed by atoms with Crippen molar-refractivity contribution in [1.82, 2.24) is 0 Å². The number of hydrogen-bond acceptors (Lipinski definition) is 3. The van der Waals surface area contributed by atoms with Crippen LogP contribution in [0, 0.1) is 6.92 Å². The van der Waals surface area contributed by atoms with E-state index in [1.165, 1.54) is 12.1 Å². The van der Waals surface area contributed by atoms with E-state index >= 15 is 0 Å². The van der Waals surface area contributed by atoms with Crippen molar-refractivity contribution >= 4 is 12.6 Å². The third-order valence-corrected chi connectivity index (χ3v) is 4.85. The van der Waals surface area contributed by atoms with Gasteiger partial charge in [0.15, 0.2) is 5.60 Å². The van der Waals surface area contributed by atoms with Gasteiger partial charge in [-0.05, 0) is 45.6 Å². The Kier molecular flexibility index (Phi) is 4.61. The van der Waals surface area contributed by atoms with Crippen LogP contribution >= 0.6 is 0 Å². The molecule has 1 saturated heterocycles. The lowest BCUT2D eigenvalue weighted by Crippen LogP contribution is -2.41. The summed E-state index contributed by atoms with van der Waals surface area (Å²) >= 11 is 0. The van der Waals surface area contributed by atoms with Crippen LogP contribution in [0.25, 0.3) is 0 Å². The zero-order valence-electron chi connectivity index (χ0n) is 14.0. The Labute approximate surface area is 134 Å². The zero-order chi connectivity index (χ0) is 17.6. The first kappa shape index (κ1) is 18.3.